The topological polar surface area (TPSA) is 28.7 Å². The molecule has 2 rings (SSSR count). The van der Waals surface area contributed by atoms with Gasteiger partial charge in [0.2, 0.25) is 0 Å². The van der Waals surface area contributed by atoms with Crippen LogP contribution in [0.2, 0.25) is 5.02 Å². The Morgan fingerprint density at radius 2 is 2.00 bits per heavy atom. The second-order valence-electron chi connectivity index (χ2n) is 3.15. The van der Waals surface area contributed by atoms with Crippen molar-refractivity contribution in [2.24, 2.45) is 0 Å². The first kappa shape index (κ1) is 11.2. The van der Waals surface area contributed by atoms with Crippen LogP contribution in [0.5, 0.6) is 0 Å². The number of nitrogens with one attached hydrogen (secondary N) is 1. The van der Waals surface area contributed by atoms with Crippen LogP contribution in [0.4, 0.5) is 17.6 Å². The number of para-hydroxylation sites is 1. The number of hydrogen-bond acceptors (Lipinski definition) is 1. The standard InChI is InChI=1S/C9H5ClF4N2/c10-4-2-1-3-5-6(4)16-8(15-5)9(13,14)7(11)12/h1-3,7H,(H,15,16). The number of halogens is 5. The lowest BCUT2D eigenvalue weighted by atomic mass is 10.3. The minimum Gasteiger partial charge on any atom is -0.337 e. The molecule has 0 radical (unpaired) electrons. The average Bonchev–Trinajstić information content (AvgIpc) is 2.63. The first-order valence-corrected chi connectivity index (χ1v) is 4.61. The number of imidazole rings is 1. The lowest BCUT2D eigenvalue weighted by Gasteiger charge is -2.11. The summed E-state index contributed by atoms with van der Waals surface area (Å²) in [6.45, 7) is 0. The Morgan fingerprint density at radius 3 is 2.56 bits per heavy atom. The number of nitrogens with zero attached hydrogens (tertiary/aromatic N) is 1. The Labute approximate surface area is 92.2 Å². The van der Waals surface area contributed by atoms with E-state index in [1.54, 1.807) is 0 Å². The molecular formula is C9H5ClF4N2. The number of H-pyrrole nitrogens is 1. The van der Waals surface area contributed by atoms with Gasteiger partial charge in [0.1, 0.15) is 5.52 Å². The number of aromatic nitrogens is 2. The van der Waals surface area contributed by atoms with E-state index in [0.717, 1.165) is 0 Å². The fraction of sp³-hybridized carbons (Fsp3) is 0.222. The number of alkyl halides is 4. The molecule has 1 aromatic carbocycles. The van der Waals surface area contributed by atoms with E-state index in [1.807, 2.05) is 0 Å². The molecule has 0 saturated heterocycles. The van der Waals surface area contributed by atoms with Crippen LogP contribution >= 0.6 is 11.6 Å². The predicted octanol–water partition coefficient (Wildman–Crippen LogP) is 3.57. The van der Waals surface area contributed by atoms with E-state index in [-0.39, 0.29) is 16.1 Å². The van der Waals surface area contributed by atoms with Gasteiger partial charge in [-0.2, -0.15) is 8.78 Å². The summed E-state index contributed by atoms with van der Waals surface area (Å²) in [4.78, 5) is 5.52. The molecule has 1 heterocycles. The van der Waals surface area contributed by atoms with E-state index in [0.29, 0.717) is 0 Å². The maximum absolute atomic E-state index is 13.0. The van der Waals surface area contributed by atoms with Gasteiger partial charge in [0.05, 0.1) is 10.5 Å². The summed E-state index contributed by atoms with van der Waals surface area (Å²) in [6.07, 6.45) is -3.81. The smallest absolute Gasteiger partial charge is 0.337 e. The molecule has 0 aliphatic rings. The molecule has 2 nitrogen and oxygen atoms in total. The van der Waals surface area contributed by atoms with E-state index >= 15 is 0 Å². The van der Waals surface area contributed by atoms with Crippen LogP contribution in [0.1, 0.15) is 5.82 Å². The third kappa shape index (κ3) is 1.63. The summed E-state index contributed by atoms with van der Waals surface area (Å²) in [5, 5.41) is 0.130. The third-order valence-corrected chi connectivity index (χ3v) is 2.36. The van der Waals surface area contributed by atoms with Crippen molar-refractivity contribution < 1.29 is 17.6 Å². The van der Waals surface area contributed by atoms with E-state index in [1.165, 1.54) is 18.2 Å². The van der Waals surface area contributed by atoms with Crippen LogP contribution in [0.25, 0.3) is 11.0 Å². The summed E-state index contributed by atoms with van der Waals surface area (Å²) >= 11 is 5.69. The molecule has 1 aromatic heterocycles. The number of benzene rings is 1. The molecule has 86 valence electrons. The van der Waals surface area contributed by atoms with Gasteiger partial charge in [0.15, 0.2) is 5.82 Å². The Balaban J connectivity index is 2.60. The van der Waals surface area contributed by atoms with Crippen molar-refractivity contribution >= 4 is 22.6 Å². The normalized spacial score (nSPS) is 12.6. The van der Waals surface area contributed by atoms with Gasteiger partial charge in [0.25, 0.3) is 0 Å². The van der Waals surface area contributed by atoms with Gasteiger partial charge in [-0.25, -0.2) is 13.8 Å². The van der Waals surface area contributed by atoms with Crippen molar-refractivity contribution in [2.45, 2.75) is 12.3 Å². The van der Waals surface area contributed by atoms with Crippen LogP contribution < -0.4 is 0 Å². The zero-order valence-electron chi connectivity index (χ0n) is 7.65. The number of aromatic amines is 1. The molecular weight excluding hydrogens is 248 g/mol. The Morgan fingerprint density at radius 1 is 1.31 bits per heavy atom. The van der Waals surface area contributed by atoms with Gasteiger partial charge in [-0.05, 0) is 12.1 Å². The molecule has 0 amide bonds. The third-order valence-electron chi connectivity index (χ3n) is 2.05. The van der Waals surface area contributed by atoms with Gasteiger partial charge < -0.3 is 4.98 Å². The second kappa shape index (κ2) is 3.62. The molecule has 0 spiro atoms. The quantitative estimate of drug-likeness (QED) is 0.813. The molecule has 0 fully saturated rings. The Hall–Kier alpha value is -1.30. The van der Waals surface area contributed by atoms with E-state index in [4.69, 9.17) is 11.6 Å². The largest absolute Gasteiger partial charge is 0.363 e. The highest BCUT2D eigenvalue weighted by Gasteiger charge is 2.45. The fourth-order valence-corrected chi connectivity index (χ4v) is 1.48. The molecule has 0 aliphatic heterocycles. The van der Waals surface area contributed by atoms with Crippen molar-refractivity contribution in [3.05, 3.63) is 29.0 Å². The molecule has 0 bridgehead atoms. The van der Waals surface area contributed by atoms with Gasteiger partial charge in [0, 0.05) is 0 Å². The average molecular weight is 253 g/mol. The number of hydrogen-bond donors (Lipinski definition) is 1. The summed E-state index contributed by atoms with van der Waals surface area (Å²) in [7, 11) is 0. The Bertz CT molecular complexity index is 523. The van der Waals surface area contributed by atoms with Crippen LogP contribution in [0, 0.1) is 0 Å². The molecule has 1 N–H and O–H groups in total. The molecule has 2 aromatic rings. The van der Waals surface area contributed by atoms with Crippen molar-refractivity contribution in [2.75, 3.05) is 0 Å². The van der Waals surface area contributed by atoms with Gasteiger partial charge >= 0.3 is 12.3 Å². The summed E-state index contributed by atoms with van der Waals surface area (Å²) in [5.41, 5.74) is 0.252. The van der Waals surface area contributed by atoms with Crippen LogP contribution in [-0.2, 0) is 5.92 Å². The second-order valence-corrected chi connectivity index (χ2v) is 3.55. The van der Waals surface area contributed by atoms with Crippen molar-refractivity contribution in [3.63, 3.8) is 0 Å². The minimum atomic E-state index is -4.30. The highest BCUT2D eigenvalue weighted by molar-refractivity contribution is 6.34. The van der Waals surface area contributed by atoms with Crippen LogP contribution in [0.15, 0.2) is 18.2 Å². The number of rotatable bonds is 2. The summed E-state index contributed by atoms with van der Waals surface area (Å²) in [5.74, 6) is -5.38. The summed E-state index contributed by atoms with van der Waals surface area (Å²) < 4.78 is 50.1. The van der Waals surface area contributed by atoms with Crippen molar-refractivity contribution in [3.8, 4) is 0 Å². The maximum atomic E-state index is 13.0. The lowest BCUT2D eigenvalue weighted by Crippen LogP contribution is -2.25. The molecule has 0 atom stereocenters. The van der Waals surface area contributed by atoms with Crippen LogP contribution in [-0.4, -0.2) is 16.4 Å². The van der Waals surface area contributed by atoms with Crippen molar-refractivity contribution in [1.29, 1.82) is 0 Å². The zero-order valence-corrected chi connectivity index (χ0v) is 8.40. The lowest BCUT2D eigenvalue weighted by molar-refractivity contribution is -0.140. The molecule has 0 saturated carbocycles. The van der Waals surface area contributed by atoms with Gasteiger partial charge in [-0.3, -0.25) is 0 Å². The van der Waals surface area contributed by atoms with Gasteiger partial charge in [-0.15, -0.1) is 0 Å². The molecule has 16 heavy (non-hydrogen) atoms. The van der Waals surface area contributed by atoms with E-state index in [9.17, 15) is 17.6 Å². The molecule has 7 heteroatoms. The highest BCUT2D eigenvalue weighted by atomic mass is 35.5. The zero-order chi connectivity index (χ0) is 11.9. The van der Waals surface area contributed by atoms with Crippen LogP contribution in [0.3, 0.4) is 0 Å². The predicted molar refractivity (Wildman–Crippen MR) is 51.0 cm³/mol. The first-order chi connectivity index (χ1) is 7.43. The van der Waals surface area contributed by atoms with Gasteiger partial charge in [-0.1, -0.05) is 17.7 Å². The summed E-state index contributed by atoms with van der Waals surface area (Å²) in [6, 6.07) is 4.38. The number of fused-ring (bicyclic) bond motifs is 1. The van der Waals surface area contributed by atoms with E-state index < -0.39 is 18.2 Å². The molecule has 0 aliphatic carbocycles. The first-order valence-electron chi connectivity index (χ1n) is 4.23. The maximum Gasteiger partial charge on any atom is 0.363 e. The Kier molecular flexibility index (Phi) is 2.53. The SMILES string of the molecule is FC(F)C(F)(F)c1nc2c(Cl)cccc2[nH]1. The monoisotopic (exact) mass is 252 g/mol. The minimum absolute atomic E-state index is 0.0551. The fourth-order valence-electron chi connectivity index (χ4n) is 1.26. The van der Waals surface area contributed by atoms with Crippen molar-refractivity contribution in [1.82, 2.24) is 9.97 Å². The van der Waals surface area contributed by atoms with E-state index in [2.05, 4.69) is 9.97 Å². The molecule has 0 unspecified atom stereocenters. The highest BCUT2D eigenvalue weighted by Crippen LogP contribution is 2.34.